The molecule has 1 N–H and O–H groups in total. The number of hydrogen-bond donors (Lipinski definition) is 1. The van der Waals surface area contributed by atoms with Crippen LogP contribution in [-0.4, -0.2) is 67.6 Å². The van der Waals surface area contributed by atoms with Gasteiger partial charge in [0.25, 0.3) is 0 Å². The molecule has 6 heteroatoms. The highest BCUT2D eigenvalue weighted by Crippen LogP contribution is 2.26. The summed E-state index contributed by atoms with van der Waals surface area (Å²) >= 11 is 0. The predicted octanol–water partition coefficient (Wildman–Crippen LogP) is 2.14. The van der Waals surface area contributed by atoms with Crippen LogP contribution < -0.4 is 5.32 Å². The van der Waals surface area contributed by atoms with E-state index in [2.05, 4.69) is 65.1 Å². The molecule has 0 bridgehead atoms. The SMILES string of the molecule is CN=C(NCC(C)(C)N1CCc2ccccc2C1)N1CC(C)C(C(=O)OC)C1. The lowest BCUT2D eigenvalue weighted by Crippen LogP contribution is -2.55. The lowest BCUT2D eigenvalue weighted by molar-refractivity contribution is -0.145. The number of ether oxygens (including phenoxy) is 1. The highest BCUT2D eigenvalue weighted by atomic mass is 16.5. The molecule has 3 rings (SSSR count). The van der Waals surface area contributed by atoms with Crippen molar-refractivity contribution in [2.75, 3.05) is 40.3 Å². The van der Waals surface area contributed by atoms with Crippen LogP contribution in [0, 0.1) is 11.8 Å². The van der Waals surface area contributed by atoms with Crippen molar-refractivity contribution in [3.63, 3.8) is 0 Å². The third kappa shape index (κ3) is 4.32. The minimum absolute atomic E-state index is 0.00341. The van der Waals surface area contributed by atoms with Crippen molar-refractivity contribution in [2.24, 2.45) is 16.8 Å². The Labute approximate surface area is 168 Å². The third-order valence-corrected chi connectivity index (χ3v) is 6.29. The van der Waals surface area contributed by atoms with E-state index in [9.17, 15) is 4.79 Å². The standard InChI is InChI=1S/C22H34N4O2/c1-16-12-25(14-19(16)20(27)28-5)21(23-4)24-15-22(2,3)26-11-10-17-8-6-7-9-18(17)13-26/h6-9,16,19H,10-15H2,1-5H3,(H,23,24). The number of guanidine groups is 1. The van der Waals surface area contributed by atoms with Crippen LogP contribution in [0.25, 0.3) is 0 Å². The highest BCUT2D eigenvalue weighted by Gasteiger charge is 2.37. The minimum atomic E-state index is -0.127. The molecule has 0 radical (unpaired) electrons. The van der Waals surface area contributed by atoms with Gasteiger partial charge in [0.05, 0.1) is 13.0 Å². The number of hydrogen-bond acceptors (Lipinski definition) is 4. The molecule has 0 spiro atoms. The zero-order valence-electron chi connectivity index (χ0n) is 17.9. The molecule has 28 heavy (non-hydrogen) atoms. The molecular formula is C22H34N4O2. The first-order chi connectivity index (χ1) is 13.4. The van der Waals surface area contributed by atoms with Crippen LogP contribution in [0.1, 0.15) is 31.9 Å². The van der Waals surface area contributed by atoms with E-state index in [1.54, 1.807) is 0 Å². The van der Waals surface area contributed by atoms with Crippen LogP contribution >= 0.6 is 0 Å². The number of likely N-dealkylation sites (tertiary alicyclic amines) is 1. The molecule has 0 saturated carbocycles. The fraction of sp³-hybridized carbons (Fsp3) is 0.636. The largest absolute Gasteiger partial charge is 0.469 e. The number of methoxy groups -OCH3 is 1. The molecule has 6 nitrogen and oxygen atoms in total. The van der Waals surface area contributed by atoms with Crippen molar-refractivity contribution in [1.82, 2.24) is 15.1 Å². The molecule has 0 aliphatic carbocycles. The summed E-state index contributed by atoms with van der Waals surface area (Å²) in [6.07, 6.45) is 1.10. The van der Waals surface area contributed by atoms with Crippen molar-refractivity contribution in [2.45, 2.75) is 39.3 Å². The van der Waals surface area contributed by atoms with E-state index < -0.39 is 0 Å². The van der Waals surface area contributed by atoms with Gasteiger partial charge in [-0.15, -0.1) is 0 Å². The van der Waals surface area contributed by atoms with Crippen molar-refractivity contribution in [3.05, 3.63) is 35.4 Å². The lowest BCUT2D eigenvalue weighted by atomic mass is 9.94. The van der Waals surface area contributed by atoms with E-state index in [1.165, 1.54) is 18.2 Å². The molecule has 1 saturated heterocycles. The summed E-state index contributed by atoms with van der Waals surface area (Å²) in [6, 6.07) is 8.74. The molecule has 154 valence electrons. The molecule has 2 aliphatic rings. The van der Waals surface area contributed by atoms with Gasteiger partial charge in [0.15, 0.2) is 5.96 Å². The van der Waals surface area contributed by atoms with Crippen LogP contribution in [-0.2, 0) is 22.5 Å². The number of nitrogens with zero attached hydrogens (tertiary/aromatic N) is 3. The zero-order valence-corrected chi connectivity index (χ0v) is 17.9. The molecule has 0 amide bonds. The van der Waals surface area contributed by atoms with Gasteiger partial charge in [-0.2, -0.15) is 0 Å². The van der Waals surface area contributed by atoms with Gasteiger partial charge in [-0.05, 0) is 37.3 Å². The van der Waals surface area contributed by atoms with Gasteiger partial charge in [-0.1, -0.05) is 31.2 Å². The number of carbonyl (C=O) groups is 1. The van der Waals surface area contributed by atoms with Crippen molar-refractivity contribution >= 4 is 11.9 Å². The van der Waals surface area contributed by atoms with E-state index in [0.717, 1.165) is 38.6 Å². The Morgan fingerprint density at radius 2 is 2.00 bits per heavy atom. The lowest BCUT2D eigenvalue weighted by Gasteiger charge is -2.42. The molecule has 2 heterocycles. The van der Waals surface area contributed by atoms with Crippen LogP contribution in [0.15, 0.2) is 29.3 Å². The Bertz CT molecular complexity index is 731. The summed E-state index contributed by atoms with van der Waals surface area (Å²) in [5.74, 6) is 0.911. The highest BCUT2D eigenvalue weighted by molar-refractivity contribution is 5.82. The molecule has 2 aliphatic heterocycles. The number of esters is 1. The minimum Gasteiger partial charge on any atom is -0.469 e. The van der Waals surface area contributed by atoms with E-state index >= 15 is 0 Å². The first kappa shape index (κ1) is 20.6. The van der Waals surface area contributed by atoms with E-state index in [0.29, 0.717) is 6.54 Å². The molecule has 1 fully saturated rings. The average Bonchev–Trinajstić information content (AvgIpc) is 3.08. The summed E-state index contributed by atoms with van der Waals surface area (Å²) in [4.78, 5) is 21.2. The summed E-state index contributed by atoms with van der Waals surface area (Å²) in [5.41, 5.74) is 2.90. The Morgan fingerprint density at radius 3 is 2.68 bits per heavy atom. The normalized spacial score (nSPS) is 23.5. The molecule has 1 aromatic carbocycles. The van der Waals surface area contributed by atoms with E-state index in [-0.39, 0.29) is 23.3 Å². The number of rotatable bonds is 4. The second-order valence-corrected chi connectivity index (χ2v) is 8.67. The van der Waals surface area contributed by atoms with Crippen LogP contribution in [0.5, 0.6) is 0 Å². The molecule has 2 unspecified atom stereocenters. The Kier molecular flexibility index (Phi) is 6.28. The maximum absolute atomic E-state index is 12.0. The summed E-state index contributed by atoms with van der Waals surface area (Å²) in [5, 5.41) is 3.55. The van der Waals surface area contributed by atoms with Crippen molar-refractivity contribution < 1.29 is 9.53 Å². The smallest absolute Gasteiger partial charge is 0.310 e. The Balaban J connectivity index is 1.60. The van der Waals surface area contributed by atoms with Crippen LogP contribution in [0.4, 0.5) is 0 Å². The molecule has 1 aromatic rings. The summed E-state index contributed by atoms with van der Waals surface area (Å²) < 4.78 is 4.96. The van der Waals surface area contributed by atoms with Gasteiger partial charge in [0.1, 0.15) is 0 Å². The first-order valence-electron chi connectivity index (χ1n) is 10.2. The van der Waals surface area contributed by atoms with Crippen molar-refractivity contribution in [1.29, 1.82) is 0 Å². The number of carbonyl (C=O) groups excluding carboxylic acids is 1. The van der Waals surface area contributed by atoms with Gasteiger partial charge >= 0.3 is 5.97 Å². The molecule has 2 atom stereocenters. The quantitative estimate of drug-likeness (QED) is 0.488. The molecule has 0 aromatic heterocycles. The topological polar surface area (TPSA) is 57.2 Å². The predicted molar refractivity (Wildman–Crippen MR) is 112 cm³/mol. The number of fused-ring (bicyclic) bond motifs is 1. The van der Waals surface area contributed by atoms with Crippen LogP contribution in [0.2, 0.25) is 0 Å². The fourth-order valence-corrected chi connectivity index (χ4v) is 4.35. The van der Waals surface area contributed by atoms with E-state index in [4.69, 9.17) is 4.74 Å². The van der Waals surface area contributed by atoms with Gasteiger partial charge in [-0.25, -0.2) is 0 Å². The molecular weight excluding hydrogens is 352 g/mol. The first-order valence-corrected chi connectivity index (χ1v) is 10.2. The fourth-order valence-electron chi connectivity index (χ4n) is 4.35. The van der Waals surface area contributed by atoms with E-state index in [1.807, 2.05) is 7.05 Å². The number of aliphatic imine (C=N–C) groups is 1. The number of nitrogens with one attached hydrogen (secondary N) is 1. The average molecular weight is 387 g/mol. The monoisotopic (exact) mass is 386 g/mol. The summed E-state index contributed by atoms with van der Waals surface area (Å²) in [7, 11) is 3.27. The maximum Gasteiger partial charge on any atom is 0.310 e. The van der Waals surface area contributed by atoms with Crippen molar-refractivity contribution in [3.8, 4) is 0 Å². The maximum atomic E-state index is 12.0. The second-order valence-electron chi connectivity index (χ2n) is 8.67. The van der Waals surface area contributed by atoms with Gasteiger partial charge in [0.2, 0.25) is 0 Å². The van der Waals surface area contributed by atoms with Gasteiger partial charge in [0, 0.05) is 45.3 Å². The van der Waals surface area contributed by atoms with Gasteiger partial charge < -0.3 is 15.0 Å². The zero-order chi connectivity index (χ0) is 20.3. The Morgan fingerprint density at radius 1 is 1.29 bits per heavy atom. The number of benzene rings is 1. The second kappa shape index (κ2) is 8.52. The summed E-state index contributed by atoms with van der Waals surface area (Å²) in [6.45, 7) is 11.0. The van der Waals surface area contributed by atoms with Crippen LogP contribution in [0.3, 0.4) is 0 Å². The van der Waals surface area contributed by atoms with Gasteiger partial charge in [-0.3, -0.25) is 14.7 Å². The third-order valence-electron chi connectivity index (χ3n) is 6.29. The Hall–Kier alpha value is -2.08.